The van der Waals surface area contributed by atoms with Crippen LogP contribution >= 0.6 is 11.8 Å². The van der Waals surface area contributed by atoms with Crippen molar-refractivity contribution < 1.29 is 14.1 Å². The summed E-state index contributed by atoms with van der Waals surface area (Å²) in [5.74, 6) is 0.677. The molecule has 1 saturated heterocycles. The fraction of sp³-hybridized carbons (Fsp3) is 0.207. The van der Waals surface area contributed by atoms with Gasteiger partial charge in [-0.2, -0.15) is 0 Å². The first kappa shape index (κ1) is 27.1. The smallest absolute Gasteiger partial charge is 0.280 e. The Balaban J connectivity index is 1.22. The van der Waals surface area contributed by atoms with E-state index in [9.17, 15) is 19.3 Å². The number of carbonyl (C=O) groups excluding carboxylic acids is 1. The van der Waals surface area contributed by atoms with Gasteiger partial charge in [-0.1, -0.05) is 54.2 Å². The van der Waals surface area contributed by atoms with Crippen molar-refractivity contribution in [2.24, 2.45) is 0 Å². The van der Waals surface area contributed by atoms with Crippen LogP contribution in [0, 0.1) is 15.9 Å². The maximum absolute atomic E-state index is 14.1. The van der Waals surface area contributed by atoms with E-state index in [1.807, 2.05) is 35.2 Å². The van der Waals surface area contributed by atoms with Gasteiger partial charge in [-0.05, 0) is 35.9 Å². The highest BCUT2D eigenvalue weighted by molar-refractivity contribution is 7.98. The Labute approximate surface area is 235 Å². The topological polar surface area (TPSA) is 97.4 Å². The van der Waals surface area contributed by atoms with E-state index in [4.69, 9.17) is 0 Å². The number of hydrogen-bond donors (Lipinski definition) is 0. The Bertz CT molecular complexity index is 1530. The first-order valence-corrected chi connectivity index (χ1v) is 13.7. The number of anilines is 1. The molecule has 0 aliphatic carbocycles. The summed E-state index contributed by atoms with van der Waals surface area (Å²) < 4.78 is 15.9. The number of aromatic nitrogens is 3. The number of nitrogens with zero attached hydrogens (tertiary/aromatic N) is 6. The highest BCUT2D eigenvalue weighted by atomic mass is 32.2. The van der Waals surface area contributed by atoms with Gasteiger partial charge in [-0.15, -0.1) is 16.8 Å². The molecule has 0 bridgehead atoms. The normalized spacial score (nSPS) is 13.3. The van der Waals surface area contributed by atoms with Crippen molar-refractivity contribution in [3.63, 3.8) is 0 Å². The molecule has 11 heteroatoms. The van der Waals surface area contributed by atoms with Crippen LogP contribution in [-0.4, -0.2) is 56.7 Å². The summed E-state index contributed by atoms with van der Waals surface area (Å²) in [4.78, 5) is 27.9. The molecule has 1 aliphatic heterocycles. The van der Waals surface area contributed by atoms with Gasteiger partial charge in [0.25, 0.3) is 11.6 Å². The van der Waals surface area contributed by atoms with E-state index in [1.165, 1.54) is 23.9 Å². The average Bonchev–Trinajstić information content (AvgIpc) is 3.38. The highest BCUT2D eigenvalue weighted by Crippen LogP contribution is 2.32. The molecule has 1 fully saturated rings. The fourth-order valence-electron chi connectivity index (χ4n) is 4.64. The third-order valence-electron chi connectivity index (χ3n) is 6.70. The minimum Gasteiger partial charge on any atom is -0.366 e. The van der Waals surface area contributed by atoms with E-state index in [-0.39, 0.29) is 17.4 Å². The molecular weight excluding hydrogens is 531 g/mol. The summed E-state index contributed by atoms with van der Waals surface area (Å²) in [5.41, 5.74) is 2.51. The summed E-state index contributed by atoms with van der Waals surface area (Å²) in [6.07, 6.45) is 1.70. The molecule has 1 amide bonds. The number of carbonyl (C=O) groups is 1. The molecule has 0 atom stereocenters. The lowest BCUT2D eigenvalue weighted by Gasteiger charge is -2.36. The third-order valence-corrected chi connectivity index (χ3v) is 7.74. The molecule has 0 radical (unpaired) electrons. The lowest BCUT2D eigenvalue weighted by molar-refractivity contribution is -0.384. The predicted molar refractivity (Wildman–Crippen MR) is 153 cm³/mol. The number of nitro groups is 1. The molecule has 0 unspecified atom stereocenters. The van der Waals surface area contributed by atoms with Gasteiger partial charge in [0.15, 0.2) is 11.0 Å². The van der Waals surface area contributed by atoms with E-state index >= 15 is 0 Å². The molecule has 4 aromatic rings. The lowest BCUT2D eigenvalue weighted by Crippen LogP contribution is -2.49. The van der Waals surface area contributed by atoms with Gasteiger partial charge >= 0.3 is 0 Å². The zero-order valence-corrected chi connectivity index (χ0v) is 22.5. The Kier molecular flexibility index (Phi) is 8.20. The summed E-state index contributed by atoms with van der Waals surface area (Å²) in [5, 5.41) is 20.7. The molecule has 2 heterocycles. The van der Waals surface area contributed by atoms with Crippen molar-refractivity contribution in [2.45, 2.75) is 17.5 Å². The van der Waals surface area contributed by atoms with Crippen LogP contribution < -0.4 is 4.90 Å². The van der Waals surface area contributed by atoms with Gasteiger partial charge in [-0.3, -0.25) is 19.5 Å². The van der Waals surface area contributed by atoms with Gasteiger partial charge in [0.2, 0.25) is 0 Å². The molecular formula is C29H27FN6O3S. The van der Waals surface area contributed by atoms with Gasteiger partial charge in [0.05, 0.1) is 16.2 Å². The van der Waals surface area contributed by atoms with E-state index in [0.717, 1.165) is 5.56 Å². The Morgan fingerprint density at radius 2 is 1.70 bits per heavy atom. The molecule has 3 aromatic carbocycles. The van der Waals surface area contributed by atoms with Crippen LogP contribution in [0.3, 0.4) is 0 Å². The quantitative estimate of drug-likeness (QED) is 0.117. The van der Waals surface area contributed by atoms with Crippen molar-refractivity contribution in [1.29, 1.82) is 0 Å². The van der Waals surface area contributed by atoms with Gasteiger partial charge < -0.3 is 9.80 Å². The van der Waals surface area contributed by atoms with Crippen LogP contribution in [-0.2, 0) is 12.3 Å². The minimum absolute atomic E-state index is 0.0364. The summed E-state index contributed by atoms with van der Waals surface area (Å²) >= 11 is 1.45. The van der Waals surface area contributed by atoms with Crippen molar-refractivity contribution in [3.8, 4) is 11.4 Å². The molecule has 9 nitrogen and oxygen atoms in total. The van der Waals surface area contributed by atoms with Crippen molar-refractivity contribution in [3.05, 3.63) is 113 Å². The van der Waals surface area contributed by atoms with E-state index in [2.05, 4.69) is 16.8 Å². The summed E-state index contributed by atoms with van der Waals surface area (Å²) in [6.45, 7) is 6.38. The number of rotatable bonds is 9. The molecule has 1 aromatic heterocycles. The molecule has 1 aliphatic rings. The Morgan fingerprint density at radius 3 is 2.40 bits per heavy atom. The number of amides is 1. The summed E-state index contributed by atoms with van der Waals surface area (Å²) in [7, 11) is 0. The maximum Gasteiger partial charge on any atom is 0.280 e. The SMILES string of the molecule is C=CCn1c(SCc2ccc(C(=O)N3CCN(c4ccccc4F)CC3)cc2)nnc1-c1ccccc1[N+](=O)[O-]. The van der Waals surface area contributed by atoms with Crippen LogP contribution in [0.25, 0.3) is 11.4 Å². The molecule has 40 heavy (non-hydrogen) atoms. The van der Waals surface area contributed by atoms with Crippen LogP contribution in [0.1, 0.15) is 15.9 Å². The standard InChI is InChI=1S/C29H27FN6O3S/c1-2-15-35-27(23-7-3-5-9-25(23)36(38)39)31-32-29(35)40-20-21-11-13-22(14-12-21)28(37)34-18-16-33(17-19-34)26-10-6-4-8-24(26)30/h2-14H,1,15-20H2. The van der Waals surface area contributed by atoms with Gasteiger partial charge in [0.1, 0.15) is 5.82 Å². The second-order valence-electron chi connectivity index (χ2n) is 9.20. The number of para-hydroxylation sites is 2. The van der Waals surface area contributed by atoms with Crippen LogP contribution in [0.5, 0.6) is 0 Å². The molecule has 0 N–H and O–H groups in total. The Morgan fingerprint density at radius 1 is 1.00 bits per heavy atom. The summed E-state index contributed by atoms with van der Waals surface area (Å²) in [6, 6.07) is 20.6. The monoisotopic (exact) mass is 558 g/mol. The van der Waals surface area contributed by atoms with Crippen LogP contribution in [0.15, 0.2) is 90.6 Å². The largest absolute Gasteiger partial charge is 0.366 e. The van der Waals surface area contributed by atoms with E-state index < -0.39 is 4.92 Å². The first-order chi connectivity index (χ1) is 19.5. The molecule has 5 rings (SSSR count). The second-order valence-corrected chi connectivity index (χ2v) is 10.1. The highest BCUT2D eigenvalue weighted by Gasteiger charge is 2.24. The van der Waals surface area contributed by atoms with Crippen LogP contribution in [0.4, 0.5) is 15.8 Å². The van der Waals surface area contributed by atoms with Crippen molar-refractivity contribution >= 4 is 29.0 Å². The minimum atomic E-state index is -0.430. The molecule has 0 spiro atoms. The first-order valence-electron chi connectivity index (χ1n) is 12.7. The zero-order valence-electron chi connectivity index (χ0n) is 21.6. The third kappa shape index (κ3) is 5.74. The number of benzene rings is 3. The number of piperazine rings is 1. The molecule has 204 valence electrons. The van der Waals surface area contributed by atoms with Crippen LogP contribution in [0.2, 0.25) is 0 Å². The lowest BCUT2D eigenvalue weighted by atomic mass is 10.1. The van der Waals surface area contributed by atoms with Gasteiger partial charge in [0, 0.05) is 50.1 Å². The number of nitro benzene ring substituents is 1. The van der Waals surface area contributed by atoms with Gasteiger partial charge in [-0.25, -0.2) is 4.39 Å². The van der Waals surface area contributed by atoms with Crippen molar-refractivity contribution in [2.75, 3.05) is 31.1 Å². The number of hydrogen-bond acceptors (Lipinski definition) is 7. The predicted octanol–water partition coefficient (Wildman–Crippen LogP) is 5.43. The van der Waals surface area contributed by atoms with E-state index in [1.54, 1.807) is 45.9 Å². The second kappa shape index (κ2) is 12.1. The maximum atomic E-state index is 14.1. The van der Waals surface area contributed by atoms with Crippen molar-refractivity contribution in [1.82, 2.24) is 19.7 Å². The molecule has 0 saturated carbocycles. The number of allylic oxidation sites excluding steroid dienone is 1. The fourth-order valence-corrected chi connectivity index (χ4v) is 5.55. The average molecular weight is 559 g/mol. The Hall–Kier alpha value is -4.51. The number of halogens is 1. The number of thioether (sulfide) groups is 1. The van der Waals surface area contributed by atoms with E-state index in [0.29, 0.717) is 66.3 Å². The zero-order chi connectivity index (χ0) is 28.1.